The third kappa shape index (κ3) is 4.90. The molecule has 3 aromatic carbocycles. The number of Topliss-reactive ketones (excluding diaryl/α,β-unsaturated/α-hetero) is 1. The standard InChI is InChI=1S/C27H26N2O4/c1-32-25-13-12-19(16-26(25)33-2)14-15-28-27(31)23-17-21-10-6-7-11-22(21)29(23)18-24(30)20-8-4-3-5-9-20/h3-13,16-17H,14-15,18H2,1-2H3,(H,28,31). The molecule has 33 heavy (non-hydrogen) atoms. The molecule has 0 saturated heterocycles. The van der Waals surface area contributed by atoms with E-state index < -0.39 is 0 Å². The minimum Gasteiger partial charge on any atom is -0.493 e. The van der Waals surface area contributed by atoms with Gasteiger partial charge in [-0.15, -0.1) is 0 Å². The lowest BCUT2D eigenvalue weighted by atomic mass is 10.1. The number of rotatable bonds is 9. The molecule has 0 unspecified atom stereocenters. The summed E-state index contributed by atoms with van der Waals surface area (Å²) in [7, 11) is 3.19. The molecule has 0 aliphatic rings. The number of methoxy groups -OCH3 is 2. The van der Waals surface area contributed by atoms with E-state index in [0.29, 0.717) is 35.7 Å². The summed E-state index contributed by atoms with van der Waals surface area (Å²) in [6, 6.07) is 24.4. The number of nitrogens with one attached hydrogen (secondary N) is 1. The summed E-state index contributed by atoms with van der Waals surface area (Å²) in [6.07, 6.45) is 0.634. The van der Waals surface area contributed by atoms with Crippen LogP contribution < -0.4 is 14.8 Å². The summed E-state index contributed by atoms with van der Waals surface area (Å²) in [5, 5.41) is 3.90. The fraction of sp³-hybridized carbons (Fsp3) is 0.185. The third-order valence-corrected chi connectivity index (χ3v) is 5.59. The lowest BCUT2D eigenvalue weighted by Crippen LogP contribution is -2.28. The van der Waals surface area contributed by atoms with Crippen molar-refractivity contribution in [2.75, 3.05) is 20.8 Å². The normalized spacial score (nSPS) is 10.7. The summed E-state index contributed by atoms with van der Waals surface area (Å²) in [5.41, 5.74) is 2.96. The molecule has 0 fully saturated rings. The minimum absolute atomic E-state index is 0.0451. The number of nitrogens with zero attached hydrogens (tertiary/aromatic N) is 1. The Balaban J connectivity index is 1.51. The van der Waals surface area contributed by atoms with E-state index in [1.165, 1.54) is 0 Å². The number of ether oxygens (including phenoxy) is 2. The molecule has 0 aliphatic heterocycles. The van der Waals surface area contributed by atoms with Crippen LogP contribution in [0.3, 0.4) is 0 Å². The van der Waals surface area contributed by atoms with Crippen molar-refractivity contribution in [3.05, 3.63) is 95.7 Å². The Kier molecular flexibility index (Phi) is 6.74. The molecular weight excluding hydrogens is 416 g/mol. The molecule has 6 nitrogen and oxygen atoms in total. The molecule has 4 rings (SSSR count). The van der Waals surface area contributed by atoms with Crippen molar-refractivity contribution in [2.45, 2.75) is 13.0 Å². The Morgan fingerprint density at radius 1 is 0.848 bits per heavy atom. The minimum atomic E-state index is -0.215. The van der Waals surface area contributed by atoms with Crippen LogP contribution >= 0.6 is 0 Å². The highest BCUT2D eigenvalue weighted by Gasteiger charge is 2.18. The summed E-state index contributed by atoms with van der Waals surface area (Å²) in [5.74, 6) is 1.06. The number of aromatic nitrogens is 1. The lowest BCUT2D eigenvalue weighted by Gasteiger charge is -2.12. The summed E-state index contributed by atoms with van der Waals surface area (Å²) >= 11 is 0. The average molecular weight is 443 g/mol. The number of hydrogen-bond donors (Lipinski definition) is 1. The molecule has 1 N–H and O–H groups in total. The maximum atomic E-state index is 13.1. The molecule has 0 atom stereocenters. The van der Waals surface area contributed by atoms with Gasteiger partial charge in [0, 0.05) is 23.0 Å². The Bertz CT molecular complexity index is 1280. The molecule has 6 heteroatoms. The van der Waals surface area contributed by atoms with Gasteiger partial charge in [-0.25, -0.2) is 0 Å². The first-order chi connectivity index (χ1) is 16.1. The smallest absolute Gasteiger partial charge is 0.267 e. The van der Waals surface area contributed by atoms with Gasteiger partial charge in [0.1, 0.15) is 5.69 Å². The van der Waals surface area contributed by atoms with Gasteiger partial charge in [-0.05, 0) is 36.2 Å². The Hall–Kier alpha value is -4.06. The Labute approximate surface area is 192 Å². The third-order valence-electron chi connectivity index (χ3n) is 5.59. The van der Waals surface area contributed by atoms with E-state index in [2.05, 4.69) is 5.32 Å². The van der Waals surface area contributed by atoms with Crippen molar-refractivity contribution >= 4 is 22.6 Å². The van der Waals surface area contributed by atoms with Gasteiger partial charge in [-0.1, -0.05) is 54.6 Å². The molecule has 4 aromatic rings. The van der Waals surface area contributed by atoms with Gasteiger partial charge >= 0.3 is 0 Å². The van der Waals surface area contributed by atoms with Crippen molar-refractivity contribution in [3.63, 3.8) is 0 Å². The second-order valence-corrected chi connectivity index (χ2v) is 7.66. The molecule has 0 aliphatic carbocycles. The van der Waals surface area contributed by atoms with Gasteiger partial charge in [0.25, 0.3) is 5.91 Å². The number of para-hydroxylation sites is 1. The number of carbonyl (C=O) groups excluding carboxylic acids is 2. The number of amides is 1. The largest absolute Gasteiger partial charge is 0.493 e. The van der Waals surface area contributed by atoms with E-state index in [9.17, 15) is 9.59 Å². The van der Waals surface area contributed by atoms with Crippen LogP contribution in [0.1, 0.15) is 26.4 Å². The van der Waals surface area contributed by atoms with Crippen molar-refractivity contribution in [1.82, 2.24) is 9.88 Å². The van der Waals surface area contributed by atoms with Gasteiger partial charge < -0.3 is 19.4 Å². The van der Waals surface area contributed by atoms with Crippen LogP contribution in [-0.4, -0.2) is 37.0 Å². The maximum Gasteiger partial charge on any atom is 0.267 e. The van der Waals surface area contributed by atoms with Crippen LogP contribution in [0.25, 0.3) is 10.9 Å². The van der Waals surface area contributed by atoms with Crippen LogP contribution in [0.2, 0.25) is 0 Å². The molecule has 0 spiro atoms. The van der Waals surface area contributed by atoms with Crippen molar-refractivity contribution < 1.29 is 19.1 Å². The van der Waals surface area contributed by atoms with E-state index in [1.807, 2.05) is 66.7 Å². The zero-order valence-corrected chi connectivity index (χ0v) is 18.7. The molecule has 0 radical (unpaired) electrons. The highest BCUT2D eigenvalue weighted by molar-refractivity contribution is 6.01. The van der Waals surface area contributed by atoms with Crippen LogP contribution in [0.15, 0.2) is 78.9 Å². The number of ketones is 1. The van der Waals surface area contributed by atoms with Gasteiger partial charge in [0.05, 0.1) is 20.8 Å². The zero-order valence-electron chi connectivity index (χ0n) is 18.7. The maximum absolute atomic E-state index is 13.1. The second kappa shape index (κ2) is 10.0. The number of hydrogen-bond acceptors (Lipinski definition) is 4. The van der Waals surface area contributed by atoms with E-state index in [0.717, 1.165) is 16.5 Å². The van der Waals surface area contributed by atoms with Gasteiger partial charge in [-0.2, -0.15) is 0 Å². The Morgan fingerprint density at radius 3 is 2.33 bits per heavy atom. The fourth-order valence-electron chi connectivity index (χ4n) is 3.87. The summed E-state index contributed by atoms with van der Waals surface area (Å²) < 4.78 is 12.4. The average Bonchev–Trinajstić information content (AvgIpc) is 3.22. The van der Waals surface area contributed by atoms with Crippen molar-refractivity contribution in [3.8, 4) is 11.5 Å². The predicted molar refractivity (Wildman–Crippen MR) is 128 cm³/mol. The highest BCUT2D eigenvalue weighted by atomic mass is 16.5. The van der Waals surface area contributed by atoms with Crippen molar-refractivity contribution in [1.29, 1.82) is 0 Å². The molecule has 1 aromatic heterocycles. The number of fused-ring (bicyclic) bond motifs is 1. The van der Waals surface area contributed by atoms with E-state index in [4.69, 9.17) is 9.47 Å². The summed E-state index contributed by atoms with van der Waals surface area (Å²) in [6.45, 7) is 0.540. The number of benzene rings is 3. The lowest BCUT2D eigenvalue weighted by molar-refractivity contribution is 0.0939. The monoisotopic (exact) mass is 442 g/mol. The quantitative estimate of drug-likeness (QED) is 0.387. The first-order valence-electron chi connectivity index (χ1n) is 10.8. The molecule has 1 heterocycles. The first-order valence-corrected chi connectivity index (χ1v) is 10.8. The second-order valence-electron chi connectivity index (χ2n) is 7.66. The van der Waals surface area contributed by atoms with Gasteiger partial charge in [-0.3, -0.25) is 9.59 Å². The first kappa shape index (κ1) is 22.1. The van der Waals surface area contributed by atoms with Crippen LogP contribution in [0, 0.1) is 0 Å². The summed E-state index contributed by atoms with van der Waals surface area (Å²) in [4.78, 5) is 25.9. The zero-order chi connectivity index (χ0) is 23.2. The van der Waals surface area contributed by atoms with Crippen LogP contribution in [0.4, 0.5) is 0 Å². The topological polar surface area (TPSA) is 69.6 Å². The fourth-order valence-corrected chi connectivity index (χ4v) is 3.87. The van der Waals surface area contributed by atoms with Crippen LogP contribution in [-0.2, 0) is 13.0 Å². The molecule has 0 bridgehead atoms. The number of carbonyl (C=O) groups is 2. The van der Waals surface area contributed by atoms with Gasteiger partial charge in [0.15, 0.2) is 17.3 Å². The van der Waals surface area contributed by atoms with E-state index in [-0.39, 0.29) is 18.2 Å². The molecular formula is C27H26N2O4. The molecule has 0 saturated carbocycles. The molecule has 1 amide bonds. The van der Waals surface area contributed by atoms with E-state index >= 15 is 0 Å². The Morgan fingerprint density at radius 2 is 1.58 bits per heavy atom. The van der Waals surface area contributed by atoms with Crippen molar-refractivity contribution in [2.24, 2.45) is 0 Å². The van der Waals surface area contributed by atoms with Crippen LogP contribution in [0.5, 0.6) is 11.5 Å². The van der Waals surface area contributed by atoms with Gasteiger partial charge in [0.2, 0.25) is 0 Å². The predicted octanol–water partition coefficient (Wildman–Crippen LogP) is 4.51. The van der Waals surface area contributed by atoms with E-state index in [1.54, 1.807) is 30.9 Å². The highest BCUT2D eigenvalue weighted by Crippen LogP contribution is 2.27. The molecule has 168 valence electrons. The SMILES string of the molecule is COc1ccc(CCNC(=O)c2cc3ccccc3n2CC(=O)c2ccccc2)cc1OC.